The third-order valence-corrected chi connectivity index (χ3v) is 4.46. The summed E-state index contributed by atoms with van der Waals surface area (Å²) in [6, 6.07) is 8.08. The van der Waals surface area contributed by atoms with Gasteiger partial charge >= 0.3 is 0 Å². The van der Waals surface area contributed by atoms with E-state index < -0.39 is 0 Å². The van der Waals surface area contributed by atoms with Gasteiger partial charge in [0.05, 0.1) is 0 Å². The van der Waals surface area contributed by atoms with Gasteiger partial charge in [-0.2, -0.15) is 0 Å². The van der Waals surface area contributed by atoms with E-state index in [-0.39, 0.29) is 24.2 Å². The van der Waals surface area contributed by atoms with Gasteiger partial charge in [0.2, 0.25) is 5.91 Å². The second kappa shape index (κ2) is 8.25. The van der Waals surface area contributed by atoms with E-state index in [0.717, 1.165) is 25.9 Å². The molecule has 0 aliphatic carbocycles. The number of nitrogens with one attached hydrogen (secondary N) is 1. The minimum atomic E-state index is 0.0485. The van der Waals surface area contributed by atoms with E-state index in [9.17, 15) is 9.59 Å². The Hall–Kier alpha value is -1.68. The van der Waals surface area contributed by atoms with E-state index in [2.05, 4.69) is 19.2 Å². The summed E-state index contributed by atoms with van der Waals surface area (Å²) >= 11 is 0. The Morgan fingerprint density at radius 3 is 2.48 bits per heavy atom. The molecule has 0 spiro atoms. The second-order valence-corrected chi connectivity index (χ2v) is 6.87. The highest BCUT2D eigenvalue weighted by atomic mass is 16.2. The van der Waals surface area contributed by atoms with Crippen molar-refractivity contribution < 1.29 is 9.59 Å². The van der Waals surface area contributed by atoms with Gasteiger partial charge in [-0.3, -0.25) is 9.59 Å². The fourth-order valence-electron chi connectivity index (χ4n) is 3.01. The zero-order chi connectivity index (χ0) is 16.8. The van der Waals surface area contributed by atoms with E-state index >= 15 is 0 Å². The summed E-state index contributed by atoms with van der Waals surface area (Å²) in [5.41, 5.74) is 1.96. The summed E-state index contributed by atoms with van der Waals surface area (Å²) in [6.45, 7) is 6.18. The predicted octanol–water partition coefficient (Wildman–Crippen LogP) is 2.67. The van der Waals surface area contributed by atoms with Gasteiger partial charge in [-0.1, -0.05) is 38.1 Å². The molecule has 4 nitrogen and oxygen atoms in total. The van der Waals surface area contributed by atoms with Crippen LogP contribution >= 0.6 is 0 Å². The molecule has 1 atom stereocenters. The number of Topliss-reactive ketones (excluding diaryl/α,β-unsaturated/α-hetero) is 1. The first-order valence-corrected chi connectivity index (χ1v) is 8.56. The number of carbonyl (C=O) groups excluding carboxylic acids is 2. The molecule has 0 saturated carbocycles. The average molecular weight is 316 g/mol. The number of ketones is 1. The van der Waals surface area contributed by atoms with Crippen LogP contribution in [0, 0.1) is 5.92 Å². The maximum atomic E-state index is 12.2. The number of amides is 1. The van der Waals surface area contributed by atoms with Crippen molar-refractivity contribution in [3.8, 4) is 0 Å². The maximum absolute atomic E-state index is 12.2. The molecule has 0 bridgehead atoms. The van der Waals surface area contributed by atoms with Crippen molar-refractivity contribution in [2.45, 2.75) is 45.6 Å². The lowest BCUT2D eigenvalue weighted by Gasteiger charge is -2.23. The van der Waals surface area contributed by atoms with Crippen LogP contribution in [0.25, 0.3) is 0 Å². The van der Waals surface area contributed by atoms with Gasteiger partial charge in [0.25, 0.3) is 0 Å². The van der Waals surface area contributed by atoms with Gasteiger partial charge in [0.1, 0.15) is 0 Å². The van der Waals surface area contributed by atoms with Crippen LogP contribution in [0.5, 0.6) is 0 Å². The van der Waals surface area contributed by atoms with Crippen molar-refractivity contribution in [3.63, 3.8) is 0 Å². The van der Waals surface area contributed by atoms with Gasteiger partial charge in [-0.15, -0.1) is 0 Å². The van der Waals surface area contributed by atoms with E-state index in [4.69, 9.17) is 0 Å². The summed E-state index contributed by atoms with van der Waals surface area (Å²) in [7, 11) is 1.84. The summed E-state index contributed by atoms with van der Waals surface area (Å²) in [5.74, 6) is 0.714. The van der Waals surface area contributed by atoms with E-state index in [0.29, 0.717) is 17.9 Å². The Balaban J connectivity index is 1.82. The average Bonchev–Trinajstić information content (AvgIpc) is 3.06. The molecule has 23 heavy (non-hydrogen) atoms. The van der Waals surface area contributed by atoms with Gasteiger partial charge in [0, 0.05) is 38.0 Å². The fourth-order valence-corrected chi connectivity index (χ4v) is 3.01. The summed E-state index contributed by atoms with van der Waals surface area (Å²) < 4.78 is 0. The number of likely N-dealkylation sites (N-methyl/N-ethyl adjacent to an activating group) is 1. The molecule has 0 radical (unpaired) electrons. The highest BCUT2D eigenvalue weighted by molar-refractivity contribution is 5.98. The summed E-state index contributed by atoms with van der Waals surface area (Å²) in [4.78, 5) is 26.2. The SMILES string of the molecule is CC(C)Cc1ccc(C(=O)CCC(=O)N(C)C2CCNC2)cc1. The highest BCUT2D eigenvalue weighted by Gasteiger charge is 2.23. The molecule has 126 valence electrons. The molecule has 1 N–H and O–H groups in total. The molecule has 1 fully saturated rings. The first-order valence-electron chi connectivity index (χ1n) is 8.56. The van der Waals surface area contributed by atoms with E-state index in [1.54, 1.807) is 4.90 Å². The number of hydrogen-bond acceptors (Lipinski definition) is 3. The Morgan fingerprint density at radius 1 is 1.22 bits per heavy atom. The second-order valence-electron chi connectivity index (χ2n) is 6.87. The summed E-state index contributed by atoms with van der Waals surface area (Å²) in [6.07, 6.45) is 2.59. The molecule has 1 aromatic rings. The smallest absolute Gasteiger partial charge is 0.223 e. The van der Waals surface area contributed by atoms with Crippen molar-refractivity contribution in [2.24, 2.45) is 5.92 Å². The molecular formula is C19H28N2O2. The molecule has 1 aliphatic heterocycles. The Labute approximate surface area is 139 Å². The van der Waals surface area contributed by atoms with Gasteiger partial charge in [-0.05, 0) is 30.9 Å². The first kappa shape index (κ1) is 17.7. The molecule has 1 heterocycles. The standard InChI is InChI=1S/C19H28N2O2/c1-14(2)12-15-4-6-16(7-5-15)18(22)8-9-19(23)21(3)17-10-11-20-13-17/h4-7,14,17,20H,8-13H2,1-3H3. The van der Waals surface area contributed by atoms with Crippen molar-refractivity contribution in [2.75, 3.05) is 20.1 Å². The molecule has 0 aromatic heterocycles. The highest BCUT2D eigenvalue weighted by Crippen LogP contribution is 2.13. The van der Waals surface area contributed by atoms with Crippen LogP contribution in [0.4, 0.5) is 0 Å². The van der Waals surface area contributed by atoms with Crippen molar-refractivity contribution in [1.82, 2.24) is 10.2 Å². The number of hydrogen-bond donors (Lipinski definition) is 1. The quantitative estimate of drug-likeness (QED) is 0.787. The van der Waals surface area contributed by atoms with Crippen LogP contribution in [0.2, 0.25) is 0 Å². The molecule has 1 amide bonds. The number of carbonyl (C=O) groups is 2. The zero-order valence-corrected chi connectivity index (χ0v) is 14.5. The van der Waals surface area contributed by atoms with E-state index in [1.807, 2.05) is 31.3 Å². The third-order valence-electron chi connectivity index (χ3n) is 4.46. The number of rotatable bonds is 7. The third kappa shape index (κ3) is 5.17. The Kier molecular flexibility index (Phi) is 6.34. The van der Waals surface area contributed by atoms with E-state index in [1.165, 1.54) is 5.56 Å². The van der Waals surface area contributed by atoms with Crippen LogP contribution in [-0.4, -0.2) is 42.8 Å². The monoisotopic (exact) mass is 316 g/mol. The lowest BCUT2D eigenvalue weighted by molar-refractivity contribution is -0.131. The Bertz CT molecular complexity index is 531. The predicted molar refractivity (Wildman–Crippen MR) is 92.6 cm³/mol. The lowest BCUT2D eigenvalue weighted by Crippen LogP contribution is -2.38. The van der Waals surface area contributed by atoms with Gasteiger partial charge in [-0.25, -0.2) is 0 Å². The van der Waals surface area contributed by atoms with Crippen LogP contribution in [-0.2, 0) is 11.2 Å². The van der Waals surface area contributed by atoms with Crippen molar-refractivity contribution in [1.29, 1.82) is 0 Å². The molecule has 1 unspecified atom stereocenters. The maximum Gasteiger partial charge on any atom is 0.223 e. The summed E-state index contributed by atoms with van der Waals surface area (Å²) in [5, 5.41) is 3.26. The zero-order valence-electron chi connectivity index (χ0n) is 14.5. The molecule has 4 heteroatoms. The van der Waals surface area contributed by atoms with Crippen LogP contribution in [0.1, 0.15) is 49.0 Å². The molecule has 1 saturated heterocycles. The minimum absolute atomic E-state index is 0.0485. The van der Waals surface area contributed by atoms with Crippen molar-refractivity contribution >= 4 is 11.7 Å². The van der Waals surface area contributed by atoms with Crippen LogP contribution in [0.15, 0.2) is 24.3 Å². The first-order chi connectivity index (χ1) is 11.0. The Morgan fingerprint density at radius 2 is 1.91 bits per heavy atom. The molecule has 2 rings (SSSR count). The molecule has 1 aromatic carbocycles. The molecule has 1 aliphatic rings. The largest absolute Gasteiger partial charge is 0.341 e. The lowest BCUT2D eigenvalue weighted by atomic mass is 9.99. The van der Waals surface area contributed by atoms with Gasteiger partial charge in [0.15, 0.2) is 5.78 Å². The van der Waals surface area contributed by atoms with Crippen molar-refractivity contribution in [3.05, 3.63) is 35.4 Å². The van der Waals surface area contributed by atoms with Crippen LogP contribution < -0.4 is 5.32 Å². The molecular weight excluding hydrogens is 288 g/mol. The number of nitrogens with zero attached hydrogens (tertiary/aromatic N) is 1. The fraction of sp³-hybridized carbons (Fsp3) is 0.579. The topological polar surface area (TPSA) is 49.4 Å². The normalized spacial score (nSPS) is 17.5. The minimum Gasteiger partial charge on any atom is -0.341 e. The van der Waals surface area contributed by atoms with Crippen LogP contribution in [0.3, 0.4) is 0 Å². The van der Waals surface area contributed by atoms with Gasteiger partial charge < -0.3 is 10.2 Å². The number of benzene rings is 1.